The van der Waals surface area contributed by atoms with Gasteiger partial charge in [0.15, 0.2) is 5.82 Å². The second-order valence-corrected chi connectivity index (χ2v) is 7.14. The summed E-state index contributed by atoms with van der Waals surface area (Å²) in [5.74, 6) is 0.899. The van der Waals surface area contributed by atoms with Gasteiger partial charge in [-0.1, -0.05) is 35.9 Å². The van der Waals surface area contributed by atoms with Crippen LogP contribution in [0.1, 0.15) is 16.2 Å². The van der Waals surface area contributed by atoms with Gasteiger partial charge in [0.2, 0.25) is 5.82 Å². The summed E-state index contributed by atoms with van der Waals surface area (Å²) in [5, 5.41) is 7.89. The first-order valence-electron chi connectivity index (χ1n) is 9.29. The van der Waals surface area contributed by atoms with Gasteiger partial charge in [0.05, 0.1) is 12.8 Å². The standard InChI is InChI=1S/C23H19ClN4O2/c1-15-5-3-8-18(13-15)25-23(29)21-26-22(16-6-4-7-17(24)14-16)28(27-21)19-9-11-20(30-2)12-10-19/h3-14H,1-2H3,(H,25,29). The predicted molar refractivity (Wildman–Crippen MR) is 117 cm³/mol. The van der Waals surface area contributed by atoms with Crippen LogP contribution >= 0.6 is 11.6 Å². The maximum absolute atomic E-state index is 12.8. The van der Waals surface area contributed by atoms with Gasteiger partial charge in [-0.15, -0.1) is 5.10 Å². The number of hydrogen-bond acceptors (Lipinski definition) is 4. The molecule has 0 aliphatic heterocycles. The first kappa shape index (κ1) is 19.7. The van der Waals surface area contributed by atoms with E-state index in [0.717, 1.165) is 22.6 Å². The number of amides is 1. The molecule has 0 saturated heterocycles. The molecule has 0 radical (unpaired) electrons. The molecular formula is C23H19ClN4O2. The van der Waals surface area contributed by atoms with E-state index in [1.807, 2.05) is 67.6 Å². The van der Waals surface area contributed by atoms with E-state index in [4.69, 9.17) is 16.3 Å². The number of anilines is 1. The van der Waals surface area contributed by atoms with Crippen molar-refractivity contribution in [1.29, 1.82) is 0 Å². The van der Waals surface area contributed by atoms with Crippen molar-refractivity contribution in [3.63, 3.8) is 0 Å². The smallest absolute Gasteiger partial charge is 0.295 e. The van der Waals surface area contributed by atoms with Crippen molar-refractivity contribution in [2.75, 3.05) is 12.4 Å². The number of methoxy groups -OCH3 is 1. The summed E-state index contributed by atoms with van der Waals surface area (Å²) in [7, 11) is 1.61. The Morgan fingerprint density at radius 3 is 2.50 bits per heavy atom. The van der Waals surface area contributed by atoms with Crippen molar-refractivity contribution in [1.82, 2.24) is 14.8 Å². The molecule has 0 spiro atoms. The van der Waals surface area contributed by atoms with Gasteiger partial charge >= 0.3 is 0 Å². The van der Waals surface area contributed by atoms with Gasteiger partial charge in [-0.25, -0.2) is 9.67 Å². The molecule has 1 heterocycles. The van der Waals surface area contributed by atoms with Gasteiger partial charge in [-0.05, 0) is 61.0 Å². The first-order chi connectivity index (χ1) is 14.5. The molecule has 7 heteroatoms. The molecule has 3 aromatic carbocycles. The fourth-order valence-electron chi connectivity index (χ4n) is 3.04. The van der Waals surface area contributed by atoms with Gasteiger partial charge in [-0.2, -0.15) is 0 Å². The first-order valence-corrected chi connectivity index (χ1v) is 9.67. The fraction of sp³-hybridized carbons (Fsp3) is 0.0870. The number of benzene rings is 3. The Kier molecular flexibility index (Phi) is 5.50. The van der Waals surface area contributed by atoms with E-state index in [1.165, 1.54) is 0 Å². The summed E-state index contributed by atoms with van der Waals surface area (Å²) >= 11 is 6.17. The third-order valence-electron chi connectivity index (χ3n) is 4.49. The van der Waals surface area contributed by atoms with E-state index < -0.39 is 5.91 Å². The van der Waals surface area contributed by atoms with Crippen molar-refractivity contribution in [3.05, 3.63) is 89.2 Å². The number of hydrogen-bond donors (Lipinski definition) is 1. The molecule has 1 N–H and O–H groups in total. The minimum atomic E-state index is -0.392. The Labute approximate surface area is 179 Å². The van der Waals surface area contributed by atoms with Crippen LogP contribution in [0.5, 0.6) is 5.75 Å². The topological polar surface area (TPSA) is 69.0 Å². The molecule has 4 rings (SSSR count). The number of rotatable bonds is 5. The van der Waals surface area contributed by atoms with Gasteiger partial charge in [0.25, 0.3) is 5.91 Å². The Morgan fingerprint density at radius 1 is 1.03 bits per heavy atom. The fourth-order valence-corrected chi connectivity index (χ4v) is 3.23. The van der Waals surface area contributed by atoms with Gasteiger partial charge in [0, 0.05) is 16.3 Å². The highest BCUT2D eigenvalue weighted by molar-refractivity contribution is 6.30. The maximum atomic E-state index is 12.8. The number of ether oxygens (including phenoxy) is 1. The van der Waals surface area contributed by atoms with Crippen molar-refractivity contribution >= 4 is 23.2 Å². The Hall–Kier alpha value is -3.64. The van der Waals surface area contributed by atoms with Crippen LogP contribution in [0.4, 0.5) is 5.69 Å². The highest BCUT2D eigenvalue weighted by Crippen LogP contribution is 2.25. The summed E-state index contributed by atoms with van der Waals surface area (Å²) in [6.45, 7) is 1.96. The molecule has 1 aromatic heterocycles. The van der Waals surface area contributed by atoms with Crippen LogP contribution in [0, 0.1) is 6.92 Å². The monoisotopic (exact) mass is 418 g/mol. The lowest BCUT2D eigenvalue weighted by Crippen LogP contribution is -2.14. The zero-order chi connectivity index (χ0) is 21.1. The zero-order valence-electron chi connectivity index (χ0n) is 16.5. The summed E-state index contributed by atoms with van der Waals surface area (Å²) in [6.07, 6.45) is 0. The molecule has 0 saturated carbocycles. The molecular weight excluding hydrogens is 400 g/mol. The number of halogens is 1. The summed E-state index contributed by atoms with van der Waals surface area (Å²) < 4.78 is 6.85. The van der Waals surface area contributed by atoms with Crippen LogP contribution in [0.3, 0.4) is 0 Å². The van der Waals surface area contributed by atoms with E-state index in [-0.39, 0.29) is 5.82 Å². The summed E-state index contributed by atoms with van der Waals surface area (Å²) in [4.78, 5) is 17.3. The molecule has 1 amide bonds. The lowest BCUT2D eigenvalue weighted by molar-refractivity contribution is 0.101. The summed E-state index contributed by atoms with van der Waals surface area (Å²) in [6, 6.07) is 22.2. The summed E-state index contributed by atoms with van der Waals surface area (Å²) in [5.41, 5.74) is 3.22. The Bertz CT molecular complexity index is 1200. The number of carbonyl (C=O) groups excluding carboxylic acids is 1. The van der Waals surface area contributed by atoms with Crippen molar-refractivity contribution in [2.45, 2.75) is 6.92 Å². The number of nitrogens with one attached hydrogen (secondary N) is 1. The number of aryl methyl sites for hydroxylation is 1. The molecule has 4 aromatic rings. The second-order valence-electron chi connectivity index (χ2n) is 6.70. The molecule has 150 valence electrons. The SMILES string of the molecule is COc1ccc(-n2nc(C(=O)Nc3cccc(C)c3)nc2-c2cccc(Cl)c2)cc1. The largest absolute Gasteiger partial charge is 0.497 e. The van der Waals surface area contributed by atoms with E-state index >= 15 is 0 Å². The van der Waals surface area contributed by atoms with Gasteiger partial charge in [-0.3, -0.25) is 4.79 Å². The molecule has 0 atom stereocenters. The third kappa shape index (κ3) is 4.18. The molecule has 0 aliphatic carbocycles. The lowest BCUT2D eigenvalue weighted by Gasteiger charge is -2.07. The minimum absolute atomic E-state index is 0.0577. The van der Waals surface area contributed by atoms with Crippen LogP contribution in [0.2, 0.25) is 5.02 Å². The predicted octanol–water partition coefficient (Wildman–Crippen LogP) is 5.16. The van der Waals surface area contributed by atoms with E-state index in [0.29, 0.717) is 16.5 Å². The van der Waals surface area contributed by atoms with Crippen LogP contribution in [0.25, 0.3) is 17.1 Å². The molecule has 0 aliphatic rings. The number of aromatic nitrogens is 3. The maximum Gasteiger partial charge on any atom is 0.295 e. The normalized spacial score (nSPS) is 10.6. The highest BCUT2D eigenvalue weighted by Gasteiger charge is 2.19. The second kappa shape index (κ2) is 8.39. The average Bonchev–Trinajstić information content (AvgIpc) is 3.19. The molecule has 6 nitrogen and oxygen atoms in total. The van der Waals surface area contributed by atoms with Crippen molar-refractivity contribution in [2.24, 2.45) is 0 Å². The quantitative estimate of drug-likeness (QED) is 0.486. The zero-order valence-corrected chi connectivity index (χ0v) is 17.2. The Morgan fingerprint density at radius 2 is 1.80 bits per heavy atom. The highest BCUT2D eigenvalue weighted by atomic mass is 35.5. The molecule has 0 bridgehead atoms. The van der Waals surface area contributed by atoms with Crippen LogP contribution in [-0.4, -0.2) is 27.8 Å². The van der Waals surface area contributed by atoms with E-state index in [1.54, 1.807) is 23.9 Å². The minimum Gasteiger partial charge on any atom is -0.497 e. The molecule has 0 unspecified atom stereocenters. The van der Waals surface area contributed by atoms with Crippen LogP contribution < -0.4 is 10.1 Å². The average molecular weight is 419 g/mol. The van der Waals surface area contributed by atoms with E-state index in [9.17, 15) is 4.79 Å². The van der Waals surface area contributed by atoms with Crippen LogP contribution in [0.15, 0.2) is 72.8 Å². The van der Waals surface area contributed by atoms with Crippen LogP contribution in [-0.2, 0) is 0 Å². The lowest BCUT2D eigenvalue weighted by atomic mass is 10.2. The van der Waals surface area contributed by atoms with Crippen molar-refractivity contribution < 1.29 is 9.53 Å². The van der Waals surface area contributed by atoms with Crippen molar-refractivity contribution in [3.8, 4) is 22.8 Å². The Balaban J connectivity index is 1.75. The third-order valence-corrected chi connectivity index (χ3v) is 4.72. The molecule has 30 heavy (non-hydrogen) atoms. The van der Waals surface area contributed by atoms with Gasteiger partial charge < -0.3 is 10.1 Å². The van der Waals surface area contributed by atoms with Gasteiger partial charge in [0.1, 0.15) is 5.75 Å². The van der Waals surface area contributed by atoms with E-state index in [2.05, 4.69) is 15.4 Å². The number of nitrogens with zero attached hydrogens (tertiary/aromatic N) is 3. The number of carbonyl (C=O) groups is 1. The molecule has 0 fully saturated rings.